The monoisotopic (exact) mass is 576 g/mol. The van der Waals surface area contributed by atoms with E-state index in [4.69, 9.17) is 4.74 Å². The van der Waals surface area contributed by atoms with Crippen molar-refractivity contribution in [3.8, 4) is 0 Å². The van der Waals surface area contributed by atoms with E-state index >= 15 is 0 Å². The number of aromatic nitrogens is 2. The number of nitrogens with one attached hydrogen (secondary N) is 1. The Morgan fingerprint density at radius 2 is 2.00 bits per heavy atom. The lowest BCUT2D eigenvalue weighted by Gasteiger charge is -2.39. The molecule has 1 aromatic carbocycles. The van der Waals surface area contributed by atoms with Crippen molar-refractivity contribution in [1.29, 1.82) is 0 Å². The third-order valence-electron chi connectivity index (χ3n) is 5.63. The summed E-state index contributed by atoms with van der Waals surface area (Å²) in [5, 5.41) is 15.5. The summed E-state index contributed by atoms with van der Waals surface area (Å²) in [5.41, 5.74) is 1.53. The second-order valence-corrected chi connectivity index (χ2v) is 12.0. The number of azo groups is 1. The smallest absolute Gasteiger partial charge is 0.404 e. The van der Waals surface area contributed by atoms with Crippen molar-refractivity contribution >= 4 is 49.5 Å². The fraction of sp³-hybridized carbons (Fsp3) is 0.609. The van der Waals surface area contributed by atoms with Gasteiger partial charge in [0, 0.05) is 18.3 Å². The Balaban J connectivity index is 1.97. The number of carbonyl (C=O) groups excluding carboxylic acids is 1. The van der Waals surface area contributed by atoms with Crippen LogP contribution >= 0.6 is 11.3 Å². The molecule has 15 heteroatoms. The van der Waals surface area contributed by atoms with Gasteiger partial charge in [0.15, 0.2) is 5.75 Å². The van der Waals surface area contributed by atoms with E-state index in [0.29, 0.717) is 13.0 Å². The summed E-state index contributed by atoms with van der Waals surface area (Å²) in [5.74, 6) is -2.56. The molecule has 0 bridgehead atoms. The maximum absolute atomic E-state index is 12.9. The van der Waals surface area contributed by atoms with Gasteiger partial charge < -0.3 is 9.64 Å². The number of nitrogens with zero attached hydrogens (tertiary/aromatic N) is 5. The molecule has 210 valence electrons. The average Bonchev–Trinajstić information content (AvgIpc) is 3.29. The molecule has 38 heavy (non-hydrogen) atoms. The summed E-state index contributed by atoms with van der Waals surface area (Å²) in [6, 6.07) is 3.37. The van der Waals surface area contributed by atoms with E-state index in [1.54, 1.807) is 6.07 Å². The molecule has 0 radical (unpaired) electrons. The minimum atomic E-state index is -4.92. The topological polar surface area (TPSA) is 126 Å². The predicted octanol–water partition coefficient (Wildman–Crippen LogP) is 6.01. The third kappa shape index (κ3) is 8.09. The molecule has 0 fully saturated rings. The Kier molecular flexibility index (Phi) is 9.68. The van der Waals surface area contributed by atoms with Crippen LogP contribution in [0.5, 0.6) is 0 Å². The molecular weight excluding hydrogens is 545 g/mol. The summed E-state index contributed by atoms with van der Waals surface area (Å²) in [6.45, 7) is 8.77. The van der Waals surface area contributed by atoms with Crippen molar-refractivity contribution in [2.75, 3.05) is 28.5 Å². The second kappa shape index (κ2) is 12.4. The van der Waals surface area contributed by atoms with Crippen LogP contribution in [0.4, 0.5) is 35.4 Å². The molecule has 1 unspecified atom stereocenters. The molecule has 1 aliphatic rings. The Labute approximate surface area is 223 Å². The zero-order valence-electron chi connectivity index (χ0n) is 21.6. The van der Waals surface area contributed by atoms with Gasteiger partial charge in [-0.15, -0.1) is 20.4 Å². The van der Waals surface area contributed by atoms with Gasteiger partial charge in [0.1, 0.15) is 5.69 Å². The van der Waals surface area contributed by atoms with Crippen LogP contribution in [-0.2, 0) is 21.2 Å². The van der Waals surface area contributed by atoms with Crippen molar-refractivity contribution < 1.29 is 31.1 Å². The van der Waals surface area contributed by atoms with E-state index in [1.165, 1.54) is 6.07 Å². The Morgan fingerprint density at radius 3 is 2.63 bits per heavy atom. The minimum Gasteiger partial charge on any atom is -0.460 e. The molecule has 3 rings (SSSR count). The number of esters is 1. The largest absolute Gasteiger partial charge is 0.460 e. The second-order valence-electron chi connectivity index (χ2n) is 9.35. The van der Waals surface area contributed by atoms with Gasteiger partial charge in [-0.25, -0.2) is 13.2 Å². The van der Waals surface area contributed by atoms with Gasteiger partial charge in [-0.2, -0.15) is 13.2 Å². The van der Waals surface area contributed by atoms with Crippen LogP contribution in [0.1, 0.15) is 62.3 Å². The fourth-order valence-electron chi connectivity index (χ4n) is 4.05. The molecule has 1 atom stereocenters. The van der Waals surface area contributed by atoms with Crippen molar-refractivity contribution in [2.45, 2.75) is 65.6 Å². The fourth-order valence-corrected chi connectivity index (χ4v) is 5.62. The Bertz CT molecular complexity index is 1260. The number of halogens is 3. The number of rotatable bonds is 11. The molecule has 1 aromatic heterocycles. The Morgan fingerprint density at radius 1 is 1.26 bits per heavy atom. The van der Waals surface area contributed by atoms with Gasteiger partial charge in [0.2, 0.25) is 15.0 Å². The molecule has 0 aliphatic carbocycles. The van der Waals surface area contributed by atoms with Crippen LogP contribution < -0.4 is 9.62 Å². The van der Waals surface area contributed by atoms with Crippen molar-refractivity contribution in [1.82, 2.24) is 10.2 Å². The van der Waals surface area contributed by atoms with Gasteiger partial charge in [-0.05, 0) is 49.3 Å². The molecule has 0 spiro atoms. The number of hydrogen-bond donors (Lipinski definition) is 1. The van der Waals surface area contributed by atoms with Crippen LogP contribution in [0.2, 0.25) is 0 Å². The summed E-state index contributed by atoms with van der Waals surface area (Å²) in [6.07, 6.45) is -1.65. The van der Waals surface area contributed by atoms with E-state index in [0.717, 1.165) is 41.9 Å². The maximum Gasteiger partial charge on any atom is 0.404 e. The van der Waals surface area contributed by atoms with Gasteiger partial charge in [-0.1, -0.05) is 39.0 Å². The highest BCUT2D eigenvalue weighted by molar-refractivity contribution is 7.92. The van der Waals surface area contributed by atoms with Crippen molar-refractivity contribution in [2.24, 2.45) is 16.1 Å². The normalized spacial score (nSPS) is 16.2. The molecule has 0 saturated carbocycles. The zero-order valence-corrected chi connectivity index (χ0v) is 23.2. The number of ether oxygens (including phenoxy) is 1. The molecule has 0 saturated heterocycles. The van der Waals surface area contributed by atoms with E-state index in [1.807, 2.05) is 25.5 Å². The lowest BCUT2D eigenvalue weighted by Crippen LogP contribution is -2.39. The van der Waals surface area contributed by atoms with Crippen LogP contribution in [-0.4, -0.2) is 55.7 Å². The number of alkyl halides is 3. The number of hydrogen-bond acceptors (Lipinski definition) is 10. The number of carbonyl (C=O) groups is 1. The van der Waals surface area contributed by atoms with E-state index in [2.05, 4.69) is 32.2 Å². The van der Waals surface area contributed by atoms with Crippen LogP contribution in [0.25, 0.3) is 0 Å². The number of benzene rings is 1. The summed E-state index contributed by atoms with van der Waals surface area (Å²) in [4.78, 5) is 14.3. The highest BCUT2D eigenvalue weighted by atomic mass is 32.2. The zero-order chi connectivity index (χ0) is 28.1. The third-order valence-corrected chi connectivity index (χ3v) is 7.65. The first kappa shape index (κ1) is 29.7. The SMILES string of the molecule is CCCN1c2cc(NS(=O)(=O)CC(F)(F)F)c(N=Nc3nnc(C(=O)OCC(C)C)s3)cc2CCC1CC. The molecule has 2 heterocycles. The van der Waals surface area contributed by atoms with Crippen LogP contribution in [0, 0.1) is 5.92 Å². The molecule has 0 amide bonds. The van der Waals surface area contributed by atoms with Crippen LogP contribution in [0.15, 0.2) is 22.4 Å². The number of sulfonamides is 1. The summed E-state index contributed by atoms with van der Waals surface area (Å²) < 4.78 is 70.5. The maximum atomic E-state index is 12.9. The van der Waals surface area contributed by atoms with Crippen molar-refractivity contribution in [3.63, 3.8) is 0 Å². The lowest BCUT2D eigenvalue weighted by molar-refractivity contribution is -0.106. The number of anilines is 2. The highest BCUT2D eigenvalue weighted by Gasteiger charge is 2.36. The predicted molar refractivity (Wildman–Crippen MR) is 139 cm³/mol. The van der Waals surface area contributed by atoms with Gasteiger partial charge in [0.25, 0.3) is 5.13 Å². The minimum absolute atomic E-state index is 0.00183. The van der Waals surface area contributed by atoms with Gasteiger partial charge in [-0.3, -0.25) is 4.72 Å². The molecule has 2 aromatic rings. The first-order valence-corrected chi connectivity index (χ1v) is 14.7. The first-order valence-electron chi connectivity index (χ1n) is 12.2. The van der Waals surface area contributed by atoms with Crippen LogP contribution in [0.3, 0.4) is 0 Å². The first-order chi connectivity index (χ1) is 17.8. The van der Waals surface area contributed by atoms with E-state index in [-0.39, 0.29) is 40.1 Å². The van der Waals surface area contributed by atoms with Gasteiger partial charge >= 0.3 is 12.1 Å². The van der Waals surface area contributed by atoms with Gasteiger partial charge in [0.05, 0.1) is 12.3 Å². The summed E-state index contributed by atoms with van der Waals surface area (Å²) in [7, 11) is -4.78. The highest BCUT2D eigenvalue weighted by Crippen LogP contribution is 2.40. The molecular formula is C23H31F3N6O4S2. The quantitative estimate of drug-likeness (QED) is 0.256. The number of fused-ring (bicyclic) bond motifs is 1. The molecule has 1 aliphatic heterocycles. The molecule has 10 nitrogen and oxygen atoms in total. The average molecular weight is 577 g/mol. The molecule has 1 N–H and O–H groups in total. The lowest BCUT2D eigenvalue weighted by atomic mass is 9.93. The Hall–Kier alpha value is -2.81. The standard InChI is InChI=1S/C23H31F3N6O4S2/c1-5-9-32-16(6-2)8-7-15-10-17(18(11-19(15)32)31-38(34,35)13-23(24,25)26)27-29-22-30-28-20(37-22)21(33)36-12-14(3)4/h10-11,14,16,31H,5-9,12-13H2,1-4H3. The van der Waals surface area contributed by atoms with Crippen molar-refractivity contribution in [3.05, 3.63) is 22.7 Å². The summed E-state index contributed by atoms with van der Waals surface area (Å²) >= 11 is 0.825. The number of aryl methyl sites for hydroxylation is 1. The van der Waals surface area contributed by atoms with E-state index in [9.17, 15) is 26.4 Å². The van der Waals surface area contributed by atoms with E-state index < -0.39 is 27.9 Å².